The van der Waals surface area contributed by atoms with Gasteiger partial charge in [-0.2, -0.15) is 10.4 Å². The molecule has 1 unspecified atom stereocenters. The molecule has 110 valence electrons. The molecule has 1 N–H and O–H groups in total. The lowest BCUT2D eigenvalue weighted by molar-refractivity contribution is 0.386. The third-order valence-electron chi connectivity index (χ3n) is 4.33. The van der Waals surface area contributed by atoms with Crippen molar-refractivity contribution in [3.8, 4) is 6.07 Å². The van der Waals surface area contributed by atoms with Crippen LogP contribution in [0.15, 0.2) is 30.3 Å². The number of aromatic nitrogens is 2. The van der Waals surface area contributed by atoms with Crippen molar-refractivity contribution in [3.05, 3.63) is 52.8 Å². The highest BCUT2D eigenvalue weighted by molar-refractivity contribution is 5.31. The molecule has 0 saturated carbocycles. The van der Waals surface area contributed by atoms with Gasteiger partial charge in [0.1, 0.15) is 5.54 Å². The number of rotatable bonds is 5. The topological polar surface area (TPSA) is 53.6 Å². The van der Waals surface area contributed by atoms with E-state index >= 15 is 0 Å². The van der Waals surface area contributed by atoms with Crippen LogP contribution < -0.4 is 5.32 Å². The van der Waals surface area contributed by atoms with E-state index in [1.807, 2.05) is 49.0 Å². The van der Waals surface area contributed by atoms with Crippen molar-refractivity contribution >= 4 is 0 Å². The molecular weight excluding hydrogens is 260 g/mol. The van der Waals surface area contributed by atoms with E-state index in [1.165, 1.54) is 11.3 Å². The molecule has 2 aromatic rings. The Morgan fingerprint density at radius 3 is 2.38 bits per heavy atom. The Bertz CT molecular complexity index is 651. The largest absolute Gasteiger partial charge is 0.299 e. The van der Waals surface area contributed by atoms with Crippen molar-refractivity contribution < 1.29 is 0 Å². The molecule has 0 bridgehead atoms. The normalized spacial score (nSPS) is 13.7. The van der Waals surface area contributed by atoms with Gasteiger partial charge in [-0.1, -0.05) is 30.3 Å². The zero-order chi connectivity index (χ0) is 15.5. The molecule has 0 aliphatic heterocycles. The van der Waals surface area contributed by atoms with Crippen LogP contribution in [-0.4, -0.2) is 16.8 Å². The van der Waals surface area contributed by atoms with Crippen LogP contribution in [0.1, 0.15) is 28.9 Å². The van der Waals surface area contributed by atoms with Gasteiger partial charge < -0.3 is 0 Å². The Morgan fingerprint density at radius 1 is 1.24 bits per heavy atom. The summed E-state index contributed by atoms with van der Waals surface area (Å²) >= 11 is 0. The molecule has 0 aliphatic rings. The number of hydrogen-bond donors (Lipinski definition) is 1. The van der Waals surface area contributed by atoms with E-state index in [9.17, 15) is 5.26 Å². The first kappa shape index (κ1) is 15.3. The van der Waals surface area contributed by atoms with Crippen molar-refractivity contribution in [1.29, 1.82) is 5.26 Å². The smallest absolute Gasteiger partial charge is 0.133 e. The predicted molar refractivity (Wildman–Crippen MR) is 83.8 cm³/mol. The molecule has 1 heterocycles. The third-order valence-corrected chi connectivity index (χ3v) is 4.33. The Hall–Kier alpha value is -2.12. The average molecular weight is 282 g/mol. The van der Waals surface area contributed by atoms with Gasteiger partial charge in [0.05, 0.1) is 11.8 Å². The summed E-state index contributed by atoms with van der Waals surface area (Å²) in [4.78, 5) is 0. The van der Waals surface area contributed by atoms with E-state index in [1.54, 1.807) is 0 Å². The molecule has 21 heavy (non-hydrogen) atoms. The fourth-order valence-electron chi connectivity index (χ4n) is 2.59. The zero-order valence-electron chi connectivity index (χ0n) is 13.1. The number of nitrogens with zero attached hydrogens (tertiary/aromatic N) is 3. The molecule has 1 aromatic carbocycles. The number of hydrogen-bond acceptors (Lipinski definition) is 3. The summed E-state index contributed by atoms with van der Waals surface area (Å²) in [6, 6.07) is 12.3. The van der Waals surface area contributed by atoms with Crippen LogP contribution in [0, 0.1) is 32.1 Å². The Balaban J connectivity index is 2.26. The van der Waals surface area contributed by atoms with Crippen molar-refractivity contribution in [2.75, 3.05) is 7.05 Å². The van der Waals surface area contributed by atoms with E-state index in [4.69, 9.17) is 0 Å². The molecule has 0 saturated heterocycles. The van der Waals surface area contributed by atoms with Gasteiger partial charge in [-0.3, -0.25) is 10.00 Å². The molecule has 0 radical (unpaired) electrons. The lowest BCUT2D eigenvalue weighted by atomic mass is 9.88. The molecule has 0 aliphatic carbocycles. The standard InChI is InChI=1S/C17H22N4/c1-13-14(2)20-21(15(13)3)11-10-17(12-18,19-4)16-8-6-5-7-9-16/h5-9,19H,10-11H2,1-4H3. The Morgan fingerprint density at radius 2 is 1.90 bits per heavy atom. The minimum atomic E-state index is -0.679. The summed E-state index contributed by atoms with van der Waals surface area (Å²) in [7, 11) is 1.84. The second-order valence-electron chi connectivity index (χ2n) is 5.40. The number of aryl methyl sites for hydroxylation is 2. The van der Waals surface area contributed by atoms with E-state index in [-0.39, 0.29) is 0 Å². The van der Waals surface area contributed by atoms with Gasteiger partial charge in [0.2, 0.25) is 0 Å². The fraction of sp³-hybridized carbons (Fsp3) is 0.412. The van der Waals surface area contributed by atoms with Crippen LogP contribution in [0.25, 0.3) is 0 Å². The van der Waals surface area contributed by atoms with Crippen LogP contribution in [0.3, 0.4) is 0 Å². The predicted octanol–water partition coefficient (Wildman–Crippen LogP) is 2.84. The van der Waals surface area contributed by atoms with E-state index in [2.05, 4.69) is 30.3 Å². The van der Waals surface area contributed by atoms with Crippen LogP contribution in [0.4, 0.5) is 0 Å². The van der Waals surface area contributed by atoms with Gasteiger partial charge in [0, 0.05) is 18.7 Å². The zero-order valence-corrected chi connectivity index (χ0v) is 13.1. The maximum absolute atomic E-state index is 9.69. The number of benzene rings is 1. The van der Waals surface area contributed by atoms with Crippen molar-refractivity contribution in [2.24, 2.45) is 0 Å². The molecule has 4 heteroatoms. The van der Waals surface area contributed by atoms with E-state index in [0.717, 1.165) is 11.3 Å². The quantitative estimate of drug-likeness (QED) is 0.917. The third kappa shape index (κ3) is 2.84. The summed E-state index contributed by atoms with van der Waals surface area (Å²) in [6.07, 6.45) is 0.672. The second-order valence-corrected chi connectivity index (χ2v) is 5.40. The highest BCUT2D eigenvalue weighted by Crippen LogP contribution is 2.25. The lowest BCUT2D eigenvalue weighted by Crippen LogP contribution is -2.39. The maximum atomic E-state index is 9.69. The highest BCUT2D eigenvalue weighted by atomic mass is 15.3. The second kappa shape index (κ2) is 6.11. The van der Waals surface area contributed by atoms with Gasteiger partial charge in [0.15, 0.2) is 0 Å². The minimum absolute atomic E-state index is 0.672. The molecular formula is C17H22N4. The van der Waals surface area contributed by atoms with Gasteiger partial charge in [-0.05, 0) is 38.9 Å². The Labute approximate surface area is 126 Å². The van der Waals surface area contributed by atoms with Crippen molar-refractivity contribution in [1.82, 2.24) is 15.1 Å². The monoisotopic (exact) mass is 282 g/mol. The average Bonchev–Trinajstić information content (AvgIpc) is 2.77. The first-order chi connectivity index (χ1) is 10.0. The SMILES string of the molecule is CNC(C#N)(CCn1nc(C)c(C)c1C)c1ccccc1. The summed E-state index contributed by atoms with van der Waals surface area (Å²) in [5.74, 6) is 0. The molecule has 0 fully saturated rings. The van der Waals surface area contributed by atoms with E-state index < -0.39 is 5.54 Å². The first-order valence-corrected chi connectivity index (χ1v) is 7.20. The summed E-state index contributed by atoms with van der Waals surface area (Å²) in [5.41, 5.74) is 3.76. The lowest BCUT2D eigenvalue weighted by Gasteiger charge is -2.27. The van der Waals surface area contributed by atoms with Gasteiger partial charge >= 0.3 is 0 Å². The number of nitriles is 1. The number of nitrogens with one attached hydrogen (secondary N) is 1. The summed E-state index contributed by atoms with van der Waals surface area (Å²) < 4.78 is 2.00. The van der Waals surface area contributed by atoms with Crippen molar-refractivity contribution in [2.45, 2.75) is 39.3 Å². The molecule has 2 rings (SSSR count). The van der Waals surface area contributed by atoms with Crippen LogP contribution in [0.5, 0.6) is 0 Å². The molecule has 1 atom stereocenters. The highest BCUT2D eigenvalue weighted by Gasteiger charge is 2.30. The van der Waals surface area contributed by atoms with E-state index in [0.29, 0.717) is 13.0 Å². The first-order valence-electron chi connectivity index (χ1n) is 7.20. The van der Waals surface area contributed by atoms with Gasteiger partial charge in [-0.25, -0.2) is 0 Å². The molecule has 0 amide bonds. The molecule has 0 spiro atoms. The summed E-state index contributed by atoms with van der Waals surface area (Å²) in [6.45, 7) is 6.89. The summed E-state index contributed by atoms with van der Waals surface area (Å²) in [5, 5.41) is 17.4. The van der Waals surface area contributed by atoms with Gasteiger partial charge in [0.25, 0.3) is 0 Å². The minimum Gasteiger partial charge on any atom is -0.299 e. The van der Waals surface area contributed by atoms with Crippen LogP contribution in [-0.2, 0) is 12.1 Å². The Kier molecular flexibility index (Phi) is 4.44. The molecule has 1 aromatic heterocycles. The van der Waals surface area contributed by atoms with Crippen LogP contribution in [0.2, 0.25) is 0 Å². The van der Waals surface area contributed by atoms with Crippen LogP contribution >= 0.6 is 0 Å². The fourth-order valence-corrected chi connectivity index (χ4v) is 2.59. The maximum Gasteiger partial charge on any atom is 0.133 e. The van der Waals surface area contributed by atoms with Crippen molar-refractivity contribution in [3.63, 3.8) is 0 Å². The molecule has 4 nitrogen and oxygen atoms in total. The van der Waals surface area contributed by atoms with Gasteiger partial charge in [-0.15, -0.1) is 0 Å².